The molecule has 0 saturated carbocycles. The molecule has 0 aromatic heterocycles. The lowest BCUT2D eigenvalue weighted by Gasteiger charge is -2.10. The average molecular weight is 298 g/mol. The molecule has 0 atom stereocenters. The predicted molar refractivity (Wildman–Crippen MR) is 84.0 cm³/mol. The van der Waals surface area contributed by atoms with Crippen LogP contribution in [0.3, 0.4) is 0 Å². The van der Waals surface area contributed by atoms with Crippen molar-refractivity contribution in [3.8, 4) is 0 Å². The lowest BCUT2D eigenvalue weighted by Crippen LogP contribution is -2.28. The lowest BCUT2D eigenvalue weighted by atomic mass is 10.2. The number of hydrogen-bond donors (Lipinski definition) is 2. The lowest BCUT2D eigenvalue weighted by molar-refractivity contribution is -0.121. The van der Waals surface area contributed by atoms with E-state index in [0.29, 0.717) is 18.0 Å². The van der Waals surface area contributed by atoms with Crippen molar-refractivity contribution in [2.45, 2.75) is 19.4 Å². The third kappa shape index (κ3) is 8.15. The van der Waals surface area contributed by atoms with Crippen LogP contribution in [0.1, 0.15) is 18.4 Å². The Bertz CT molecular complexity index is 393. The Hall–Kier alpha value is -1.10. The van der Waals surface area contributed by atoms with Gasteiger partial charge in [0.05, 0.1) is 0 Å². The topological polar surface area (TPSA) is 44.4 Å². The maximum atomic E-state index is 11.6. The second kappa shape index (κ2) is 9.75. The first-order chi connectivity index (χ1) is 9.58. The molecule has 0 aliphatic heterocycles. The Morgan fingerprint density at radius 3 is 2.55 bits per heavy atom. The minimum absolute atomic E-state index is 0.0695. The van der Waals surface area contributed by atoms with Crippen molar-refractivity contribution in [2.75, 3.05) is 33.7 Å². The summed E-state index contributed by atoms with van der Waals surface area (Å²) in [5.41, 5.74) is 1.06. The molecule has 0 heterocycles. The number of halogens is 1. The molecule has 112 valence electrons. The number of amides is 1. The summed E-state index contributed by atoms with van der Waals surface area (Å²) in [5, 5.41) is 6.88. The quantitative estimate of drug-likeness (QED) is 0.684. The van der Waals surface area contributed by atoms with Crippen LogP contribution in [0.25, 0.3) is 0 Å². The van der Waals surface area contributed by atoms with Gasteiger partial charge in [-0.1, -0.05) is 23.7 Å². The number of nitrogens with zero attached hydrogens (tertiary/aromatic N) is 1. The SMILES string of the molecule is CN(C)CCCNCCC(=O)NCc1ccc(Cl)cc1. The minimum atomic E-state index is 0.0695. The van der Waals surface area contributed by atoms with Crippen LogP contribution >= 0.6 is 11.6 Å². The molecule has 0 bridgehead atoms. The standard InChI is InChI=1S/C15H24ClN3O/c1-19(2)11-3-9-17-10-8-15(20)18-12-13-4-6-14(16)7-5-13/h4-7,17H,3,8-12H2,1-2H3,(H,18,20). The van der Waals surface area contributed by atoms with Crippen LogP contribution in [-0.2, 0) is 11.3 Å². The smallest absolute Gasteiger partial charge is 0.221 e. The summed E-state index contributed by atoms with van der Waals surface area (Å²) in [6.07, 6.45) is 1.61. The fourth-order valence-electron chi connectivity index (χ4n) is 1.74. The Morgan fingerprint density at radius 1 is 1.20 bits per heavy atom. The van der Waals surface area contributed by atoms with Crippen molar-refractivity contribution in [1.82, 2.24) is 15.5 Å². The fourth-order valence-corrected chi connectivity index (χ4v) is 1.86. The first-order valence-electron chi connectivity index (χ1n) is 6.94. The highest BCUT2D eigenvalue weighted by molar-refractivity contribution is 6.30. The highest BCUT2D eigenvalue weighted by Crippen LogP contribution is 2.09. The molecular formula is C15H24ClN3O. The average Bonchev–Trinajstić information content (AvgIpc) is 2.41. The van der Waals surface area contributed by atoms with Crippen LogP contribution in [0.5, 0.6) is 0 Å². The van der Waals surface area contributed by atoms with E-state index in [4.69, 9.17) is 11.6 Å². The molecule has 0 fully saturated rings. The molecular weight excluding hydrogens is 274 g/mol. The van der Waals surface area contributed by atoms with E-state index in [1.807, 2.05) is 24.3 Å². The van der Waals surface area contributed by atoms with Crippen LogP contribution in [0.4, 0.5) is 0 Å². The molecule has 1 rings (SSSR count). The molecule has 0 spiro atoms. The Balaban J connectivity index is 2.04. The van der Waals surface area contributed by atoms with Gasteiger partial charge in [-0.15, -0.1) is 0 Å². The maximum Gasteiger partial charge on any atom is 0.221 e. The minimum Gasteiger partial charge on any atom is -0.352 e. The van der Waals surface area contributed by atoms with E-state index in [9.17, 15) is 4.79 Å². The normalized spacial score (nSPS) is 10.8. The zero-order valence-electron chi connectivity index (χ0n) is 12.3. The van der Waals surface area contributed by atoms with Crippen molar-refractivity contribution in [3.63, 3.8) is 0 Å². The van der Waals surface area contributed by atoms with Crippen LogP contribution in [0, 0.1) is 0 Å². The molecule has 0 aliphatic rings. The van der Waals surface area contributed by atoms with Gasteiger partial charge in [-0.25, -0.2) is 0 Å². The van der Waals surface area contributed by atoms with Gasteiger partial charge in [0, 0.05) is 24.5 Å². The van der Waals surface area contributed by atoms with Crippen LogP contribution < -0.4 is 10.6 Å². The molecule has 0 radical (unpaired) electrons. The van der Waals surface area contributed by atoms with Crippen molar-refractivity contribution in [3.05, 3.63) is 34.9 Å². The summed E-state index contributed by atoms with van der Waals surface area (Å²) in [7, 11) is 4.12. The van der Waals surface area contributed by atoms with E-state index in [1.54, 1.807) is 0 Å². The van der Waals surface area contributed by atoms with Crippen molar-refractivity contribution < 1.29 is 4.79 Å². The van der Waals surface area contributed by atoms with Crippen LogP contribution in [-0.4, -0.2) is 44.5 Å². The summed E-state index contributed by atoms with van der Waals surface area (Å²) in [6, 6.07) is 7.49. The van der Waals surface area contributed by atoms with Gasteiger partial charge in [0.2, 0.25) is 5.91 Å². The third-order valence-corrected chi connectivity index (χ3v) is 3.14. The van der Waals surface area contributed by atoms with E-state index in [1.165, 1.54) is 0 Å². The summed E-state index contributed by atoms with van der Waals surface area (Å²) in [6.45, 7) is 3.29. The zero-order valence-corrected chi connectivity index (χ0v) is 13.0. The summed E-state index contributed by atoms with van der Waals surface area (Å²) >= 11 is 5.81. The largest absolute Gasteiger partial charge is 0.352 e. The Kier molecular flexibility index (Phi) is 8.26. The van der Waals surface area contributed by atoms with E-state index in [0.717, 1.165) is 31.6 Å². The molecule has 20 heavy (non-hydrogen) atoms. The van der Waals surface area contributed by atoms with Gasteiger partial charge >= 0.3 is 0 Å². The maximum absolute atomic E-state index is 11.6. The number of carbonyl (C=O) groups excluding carboxylic acids is 1. The van der Waals surface area contributed by atoms with Gasteiger partial charge in [-0.2, -0.15) is 0 Å². The molecule has 0 aliphatic carbocycles. The van der Waals surface area contributed by atoms with Gasteiger partial charge in [0.25, 0.3) is 0 Å². The van der Waals surface area contributed by atoms with Gasteiger partial charge in [-0.05, 0) is 51.3 Å². The fraction of sp³-hybridized carbons (Fsp3) is 0.533. The van der Waals surface area contributed by atoms with E-state index >= 15 is 0 Å². The third-order valence-electron chi connectivity index (χ3n) is 2.89. The highest BCUT2D eigenvalue weighted by Gasteiger charge is 2.01. The predicted octanol–water partition coefficient (Wildman–Crippen LogP) is 1.89. The monoisotopic (exact) mass is 297 g/mol. The summed E-state index contributed by atoms with van der Waals surface area (Å²) in [4.78, 5) is 13.8. The molecule has 1 aromatic rings. The summed E-state index contributed by atoms with van der Waals surface area (Å²) in [5.74, 6) is 0.0695. The second-order valence-corrected chi connectivity index (χ2v) is 5.50. The van der Waals surface area contributed by atoms with Gasteiger partial charge in [-0.3, -0.25) is 4.79 Å². The zero-order chi connectivity index (χ0) is 14.8. The van der Waals surface area contributed by atoms with E-state index < -0.39 is 0 Å². The van der Waals surface area contributed by atoms with E-state index in [-0.39, 0.29) is 5.91 Å². The molecule has 1 aromatic carbocycles. The van der Waals surface area contributed by atoms with Crippen molar-refractivity contribution >= 4 is 17.5 Å². The van der Waals surface area contributed by atoms with Gasteiger partial charge in [0.1, 0.15) is 0 Å². The number of carbonyl (C=O) groups is 1. The van der Waals surface area contributed by atoms with Crippen molar-refractivity contribution in [1.29, 1.82) is 0 Å². The molecule has 2 N–H and O–H groups in total. The summed E-state index contributed by atoms with van der Waals surface area (Å²) < 4.78 is 0. The molecule has 0 saturated heterocycles. The molecule has 0 unspecified atom stereocenters. The van der Waals surface area contributed by atoms with Gasteiger partial charge in [0.15, 0.2) is 0 Å². The van der Waals surface area contributed by atoms with Crippen LogP contribution in [0.2, 0.25) is 5.02 Å². The number of benzene rings is 1. The Morgan fingerprint density at radius 2 is 1.90 bits per heavy atom. The highest BCUT2D eigenvalue weighted by atomic mass is 35.5. The second-order valence-electron chi connectivity index (χ2n) is 5.06. The molecule has 5 heteroatoms. The molecule has 1 amide bonds. The first kappa shape index (κ1) is 17.0. The number of nitrogens with one attached hydrogen (secondary N) is 2. The molecule has 4 nitrogen and oxygen atoms in total. The van der Waals surface area contributed by atoms with E-state index in [2.05, 4.69) is 29.6 Å². The van der Waals surface area contributed by atoms with Crippen LogP contribution in [0.15, 0.2) is 24.3 Å². The number of hydrogen-bond acceptors (Lipinski definition) is 3. The number of rotatable bonds is 9. The Labute approximate surface area is 126 Å². The first-order valence-corrected chi connectivity index (χ1v) is 7.32. The van der Waals surface area contributed by atoms with Crippen molar-refractivity contribution in [2.24, 2.45) is 0 Å². The van der Waals surface area contributed by atoms with Gasteiger partial charge < -0.3 is 15.5 Å².